The summed E-state index contributed by atoms with van der Waals surface area (Å²) in [7, 11) is 0. The fourth-order valence-corrected chi connectivity index (χ4v) is 2.97. The van der Waals surface area contributed by atoms with Crippen LogP contribution in [-0.2, 0) is 12.8 Å². The van der Waals surface area contributed by atoms with E-state index in [0.29, 0.717) is 12.8 Å². The highest BCUT2D eigenvalue weighted by Gasteiger charge is 2.09. The third kappa shape index (κ3) is 3.00. The summed E-state index contributed by atoms with van der Waals surface area (Å²) in [4.78, 5) is 5.80. The molecule has 0 saturated carbocycles. The first-order valence-corrected chi connectivity index (χ1v) is 7.24. The predicted molar refractivity (Wildman–Crippen MR) is 79.5 cm³/mol. The molecule has 3 aromatic rings. The van der Waals surface area contributed by atoms with Crippen LogP contribution < -0.4 is 0 Å². The molecule has 2 nitrogen and oxygen atoms in total. The van der Waals surface area contributed by atoms with Crippen molar-refractivity contribution >= 4 is 22.2 Å². The van der Waals surface area contributed by atoms with Gasteiger partial charge in [-0.05, 0) is 23.6 Å². The molecule has 3 heteroatoms. The highest BCUT2D eigenvalue weighted by atomic mass is 32.1. The monoisotopic (exact) mass is 269 g/mol. The van der Waals surface area contributed by atoms with Crippen molar-refractivity contribution < 1.29 is 5.11 Å². The molecule has 1 N–H and O–H groups in total. The van der Waals surface area contributed by atoms with Gasteiger partial charge in [0.15, 0.2) is 0 Å². The molecule has 0 bridgehead atoms. The summed E-state index contributed by atoms with van der Waals surface area (Å²) >= 11 is 1.68. The van der Waals surface area contributed by atoms with E-state index in [-0.39, 0.29) is 6.10 Å². The Morgan fingerprint density at radius 2 is 1.89 bits per heavy atom. The SMILES string of the molecule is OC(Cc1ccc2ccccc2n1)Cc1cccs1. The Hall–Kier alpha value is -1.71. The van der Waals surface area contributed by atoms with Gasteiger partial charge in [0.2, 0.25) is 0 Å². The number of pyridine rings is 1. The van der Waals surface area contributed by atoms with Crippen molar-refractivity contribution in [2.75, 3.05) is 0 Å². The van der Waals surface area contributed by atoms with Gasteiger partial charge in [-0.15, -0.1) is 11.3 Å². The largest absolute Gasteiger partial charge is 0.392 e. The molecule has 0 aliphatic rings. The molecule has 0 amide bonds. The minimum absolute atomic E-state index is 0.368. The van der Waals surface area contributed by atoms with Gasteiger partial charge in [-0.1, -0.05) is 30.3 Å². The summed E-state index contributed by atoms with van der Waals surface area (Å²) in [6, 6.07) is 16.2. The van der Waals surface area contributed by atoms with E-state index in [1.165, 1.54) is 4.88 Å². The number of aliphatic hydroxyl groups is 1. The third-order valence-electron chi connectivity index (χ3n) is 3.12. The average molecular weight is 269 g/mol. The molecule has 19 heavy (non-hydrogen) atoms. The van der Waals surface area contributed by atoms with Gasteiger partial charge in [0.05, 0.1) is 11.6 Å². The first-order chi connectivity index (χ1) is 9.31. The summed E-state index contributed by atoms with van der Waals surface area (Å²) in [6.07, 6.45) is 0.932. The summed E-state index contributed by atoms with van der Waals surface area (Å²) < 4.78 is 0. The van der Waals surface area contributed by atoms with Crippen molar-refractivity contribution in [2.45, 2.75) is 18.9 Å². The van der Waals surface area contributed by atoms with Crippen molar-refractivity contribution in [3.8, 4) is 0 Å². The zero-order valence-electron chi connectivity index (χ0n) is 10.5. The van der Waals surface area contributed by atoms with E-state index in [1.54, 1.807) is 11.3 Å². The minimum Gasteiger partial charge on any atom is -0.392 e. The number of nitrogens with zero attached hydrogens (tertiary/aromatic N) is 1. The first kappa shape index (κ1) is 12.3. The molecule has 1 aromatic carbocycles. The Bertz CT molecular complexity index is 663. The maximum Gasteiger partial charge on any atom is 0.0705 e. The van der Waals surface area contributed by atoms with E-state index < -0.39 is 0 Å². The Kier molecular flexibility index (Phi) is 3.58. The number of hydrogen-bond acceptors (Lipinski definition) is 3. The second kappa shape index (κ2) is 5.51. The van der Waals surface area contributed by atoms with Gasteiger partial charge in [0.1, 0.15) is 0 Å². The van der Waals surface area contributed by atoms with Gasteiger partial charge in [0, 0.05) is 28.8 Å². The lowest BCUT2D eigenvalue weighted by Gasteiger charge is -2.09. The Labute approximate surface area is 116 Å². The van der Waals surface area contributed by atoms with Gasteiger partial charge >= 0.3 is 0 Å². The van der Waals surface area contributed by atoms with Gasteiger partial charge in [0.25, 0.3) is 0 Å². The molecule has 0 radical (unpaired) electrons. The predicted octanol–water partition coefficient (Wildman–Crippen LogP) is 3.44. The van der Waals surface area contributed by atoms with E-state index >= 15 is 0 Å². The number of aromatic nitrogens is 1. The molecule has 0 spiro atoms. The lowest BCUT2D eigenvalue weighted by atomic mass is 10.1. The van der Waals surface area contributed by atoms with Crippen LogP contribution in [-0.4, -0.2) is 16.2 Å². The Morgan fingerprint density at radius 3 is 2.74 bits per heavy atom. The fourth-order valence-electron chi connectivity index (χ4n) is 2.20. The molecule has 2 aromatic heterocycles. The van der Waals surface area contributed by atoms with Crippen LogP contribution in [0.25, 0.3) is 10.9 Å². The minimum atomic E-state index is -0.368. The molecular weight excluding hydrogens is 254 g/mol. The van der Waals surface area contributed by atoms with Crippen LogP contribution in [0.2, 0.25) is 0 Å². The van der Waals surface area contributed by atoms with E-state index in [4.69, 9.17) is 0 Å². The number of rotatable bonds is 4. The smallest absolute Gasteiger partial charge is 0.0705 e. The van der Waals surface area contributed by atoms with Crippen molar-refractivity contribution in [1.82, 2.24) is 4.98 Å². The van der Waals surface area contributed by atoms with E-state index in [9.17, 15) is 5.11 Å². The normalized spacial score (nSPS) is 12.7. The lowest BCUT2D eigenvalue weighted by molar-refractivity contribution is 0.175. The zero-order chi connectivity index (χ0) is 13.1. The summed E-state index contributed by atoms with van der Waals surface area (Å²) in [5.41, 5.74) is 1.94. The van der Waals surface area contributed by atoms with Crippen LogP contribution in [0.4, 0.5) is 0 Å². The number of fused-ring (bicyclic) bond motifs is 1. The Balaban J connectivity index is 1.73. The highest BCUT2D eigenvalue weighted by Crippen LogP contribution is 2.15. The molecule has 96 valence electrons. The lowest BCUT2D eigenvalue weighted by Crippen LogP contribution is -2.14. The third-order valence-corrected chi connectivity index (χ3v) is 4.02. The van der Waals surface area contributed by atoms with Crippen LogP contribution in [0.1, 0.15) is 10.6 Å². The van der Waals surface area contributed by atoms with Gasteiger partial charge in [-0.3, -0.25) is 4.98 Å². The summed E-state index contributed by atoms with van der Waals surface area (Å²) in [5, 5.41) is 13.3. The summed E-state index contributed by atoms with van der Waals surface area (Å²) in [6.45, 7) is 0. The van der Waals surface area contributed by atoms with E-state index in [0.717, 1.165) is 16.6 Å². The quantitative estimate of drug-likeness (QED) is 0.787. The molecule has 1 unspecified atom stereocenters. The summed E-state index contributed by atoms with van der Waals surface area (Å²) in [5.74, 6) is 0. The molecule has 0 fully saturated rings. The molecule has 0 aliphatic heterocycles. The number of hydrogen-bond donors (Lipinski definition) is 1. The second-order valence-electron chi connectivity index (χ2n) is 4.64. The standard InChI is InChI=1S/C16H15NOS/c18-14(11-15-5-3-9-19-15)10-13-8-7-12-4-1-2-6-16(12)17-13/h1-9,14,18H,10-11H2. The second-order valence-corrected chi connectivity index (χ2v) is 5.67. The van der Waals surface area contributed by atoms with Crippen molar-refractivity contribution in [1.29, 1.82) is 0 Å². The van der Waals surface area contributed by atoms with Crippen LogP contribution >= 0.6 is 11.3 Å². The number of benzene rings is 1. The molecule has 3 rings (SSSR count). The average Bonchev–Trinajstić information content (AvgIpc) is 2.91. The Morgan fingerprint density at radius 1 is 1.00 bits per heavy atom. The van der Waals surface area contributed by atoms with Crippen molar-refractivity contribution in [3.05, 3.63) is 64.5 Å². The van der Waals surface area contributed by atoms with Crippen LogP contribution in [0.3, 0.4) is 0 Å². The number of aliphatic hydroxyl groups excluding tert-OH is 1. The van der Waals surface area contributed by atoms with Crippen LogP contribution in [0, 0.1) is 0 Å². The number of thiophene rings is 1. The van der Waals surface area contributed by atoms with Gasteiger partial charge in [-0.25, -0.2) is 0 Å². The maximum absolute atomic E-state index is 10.1. The maximum atomic E-state index is 10.1. The van der Waals surface area contributed by atoms with E-state index in [1.807, 2.05) is 41.8 Å². The first-order valence-electron chi connectivity index (χ1n) is 6.36. The fraction of sp³-hybridized carbons (Fsp3) is 0.188. The molecule has 1 atom stereocenters. The van der Waals surface area contributed by atoms with Gasteiger partial charge in [-0.2, -0.15) is 0 Å². The van der Waals surface area contributed by atoms with Gasteiger partial charge < -0.3 is 5.11 Å². The van der Waals surface area contributed by atoms with Crippen molar-refractivity contribution in [3.63, 3.8) is 0 Å². The van der Waals surface area contributed by atoms with Crippen molar-refractivity contribution in [2.24, 2.45) is 0 Å². The molecule has 0 aliphatic carbocycles. The number of para-hydroxylation sites is 1. The zero-order valence-corrected chi connectivity index (χ0v) is 11.3. The van der Waals surface area contributed by atoms with Crippen LogP contribution in [0.5, 0.6) is 0 Å². The molecular formula is C16H15NOS. The highest BCUT2D eigenvalue weighted by molar-refractivity contribution is 7.09. The molecule has 2 heterocycles. The van der Waals surface area contributed by atoms with E-state index in [2.05, 4.69) is 17.1 Å². The topological polar surface area (TPSA) is 33.1 Å². The molecule has 0 saturated heterocycles. The van der Waals surface area contributed by atoms with Crippen LogP contribution in [0.15, 0.2) is 53.9 Å².